The highest BCUT2D eigenvalue weighted by molar-refractivity contribution is 7.89. The standard InChI is InChI=1S/C13H19NO6S/c1-8(2)12(13(15)16)14-21(17,18)9-5-6-10(19-3)11(7-9)20-4/h5-8,12,14H,1-4H3,(H,15,16)/t12-/m0/s1. The van der Waals surface area contributed by atoms with Crippen LogP contribution in [0.2, 0.25) is 0 Å². The lowest BCUT2D eigenvalue weighted by atomic mass is 10.1. The first kappa shape index (κ1) is 17.3. The monoisotopic (exact) mass is 317 g/mol. The van der Waals surface area contributed by atoms with Crippen LogP contribution in [0.3, 0.4) is 0 Å². The maximum Gasteiger partial charge on any atom is 0.322 e. The van der Waals surface area contributed by atoms with E-state index in [-0.39, 0.29) is 10.6 Å². The maximum absolute atomic E-state index is 12.2. The van der Waals surface area contributed by atoms with Crippen LogP contribution in [0, 0.1) is 5.92 Å². The van der Waals surface area contributed by atoms with Crippen LogP contribution in [-0.2, 0) is 14.8 Å². The SMILES string of the molecule is COc1ccc(S(=O)(=O)N[C@H](C(=O)O)C(C)C)cc1OC. The number of benzene rings is 1. The fourth-order valence-corrected chi connectivity index (χ4v) is 3.04. The van der Waals surface area contributed by atoms with Gasteiger partial charge in [-0.15, -0.1) is 0 Å². The van der Waals surface area contributed by atoms with Gasteiger partial charge in [-0.25, -0.2) is 8.42 Å². The quantitative estimate of drug-likeness (QED) is 0.780. The van der Waals surface area contributed by atoms with E-state index in [1.165, 1.54) is 32.4 Å². The van der Waals surface area contributed by atoms with E-state index in [9.17, 15) is 13.2 Å². The molecule has 1 atom stereocenters. The molecule has 0 saturated carbocycles. The molecule has 0 aliphatic rings. The zero-order valence-corrected chi connectivity index (χ0v) is 13.1. The normalized spacial score (nSPS) is 13.0. The predicted octanol–water partition coefficient (Wildman–Crippen LogP) is 1.09. The van der Waals surface area contributed by atoms with Crippen molar-refractivity contribution in [2.45, 2.75) is 24.8 Å². The van der Waals surface area contributed by atoms with Crippen molar-refractivity contribution in [3.05, 3.63) is 18.2 Å². The summed E-state index contributed by atoms with van der Waals surface area (Å²) in [6.07, 6.45) is 0. The fraction of sp³-hybridized carbons (Fsp3) is 0.462. The number of rotatable bonds is 7. The second-order valence-electron chi connectivity index (χ2n) is 4.70. The number of hydrogen-bond donors (Lipinski definition) is 2. The van der Waals surface area contributed by atoms with Gasteiger partial charge in [-0.05, 0) is 18.1 Å². The van der Waals surface area contributed by atoms with Crippen molar-refractivity contribution in [1.82, 2.24) is 4.72 Å². The zero-order valence-electron chi connectivity index (χ0n) is 12.3. The number of carboxylic acids is 1. The molecule has 0 aromatic heterocycles. The number of hydrogen-bond acceptors (Lipinski definition) is 5. The van der Waals surface area contributed by atoms with Crippen LogP contribution in [0.4, 0.5) is 0 Å². The van der Waals surface area contributed by atoms with E-state index in [1.807, 2.05) is 0 Å². The van der Waals surface area contributed by atoms with Crippen molar-refractivity contribution in [1.29, 1.82) is 0 Å². The average Bonchev–Trinajstić information content (AvgIpc) is 2.43. The molecule has 0 radical (unpaired) electrons. The Morgan fingerprint density at radius 3 is 2.19 bits per heavy atom. The predicted molar refractivity (Wildman–Crippen MR) is 76.1 cm³/mol. The highest BCUT2D eigenvalue weighted by Crippen LogP contribution is 2.29. The molecule has 0 aliphatic carbocycles. The molecule has 1 aromatic rings. The first-order valence-corrected chi connectivity index (χ1v) is 7.68. The van der Waals surface area contributed by atoms with Gasteiger partial charge in [0.2, 0.25) is 10.0 Å². The van der Waals surface area contributed by atoms with Gasteiger partial charge < -0.3 is 14.6 Å². The summed E-state index contributed by atoms with van der Waals surface area (Å²) < 4.78 is 36.7. The summed E-state index contributed by atoms with van der Waals surface area (Å²) in [5.41, 5.74) is 0. The Morgan fingerprint density at radius 2 is 1.76 bits per heavy atom. The van der Waals surface area contributed by atoms with Gasteiger partial charge in [0.15, 0.2) is 11.5 Å². The van der Waals surface area contributed by atoms with E-state index >= 15 is 0 Å². The first-order valence-electron chi connectivity index (χ1n) is 6.20. The minimum atomic E-state index is -3.97. The van der Waals surface area contributed by atoms with E-state index < -0.39 is 28.0 Å². The molecule has 0 amide bonds. The van der Waals surface area contributed by atoms with E-state index in [4.69, 9.17) is 14.6 Å². The summed E-state index contributed by atoms with van der Waals surface area (Å²) in [5.74, 6) is -0.988. The molecule has 0 fully saturated rings. The minimum absolute atomic E-state index is 0.0907. The van der Waals surface area contributed by atoms with Gasteiger partial charge in [0, 0.05) is 6.07 Å². The number of methoxy groups -OCH3 is 2. The Bertz CT molecular complexity index is 611. The van der Waals surface area contributed by atoms with Crippen LogP contribution < -0.4 is 14.2 Å². The number of aliphatic carboxylic acids is 1. The van der Waals surface area contributed by atoms with E-state index in [2.05, 4.69) is 4.72 Å². The summed E-state index contributed by atoms with van der Waals surface area (Å²) in [6, 6.07) is 2.84. The molecule has 0 aliphatic heterocycles. The lowest BCUT2D eigenvalue weighted by Gasteiger charge is -2.18. The average molecular weight is 317 g/mol. The number of nitrogens with one attached hydrogen (secondary N) is 1. The minimum Gasteiger partial charge on any atom is -0.493 e. The Kier molecular flexibility index (Phi) is 5.56. The lowest BCUT2D eigenvalue weighted by molar-refractivity contribution is -0.140. The van der Waals surface area contributed by atoms with Crippen LogP contribution in [0.1, 0.15) is 13.8 Å². The molecule has 1 aromatic carbocycles. The first-order chi connectivity index (χ1) is 9.72. The van der Waals surface area contributed by atoms with Crippen LogP contribution in [0.15, 0.2) is 23.1 Å². The largest absolute Gasteiger partial charge is 0.493 e. The smallest absolute Gasteiger partial charge is 0.322 e. The Labute approximate surface area is 123 Å². The molecule has 0 spiro atoms. The second-order valence-corrected chi connectivity index (χ2v) is 6.41. The summed E-state index contributed by atoms with van der Waals surface area (Å²) in [4.78, 5) is 11.0. The molecular weight excluding hydrogens is 298 g/mol. The number of carboxylic acid groups (broad SMARTS) is 1. The molecule has 0 unspecified atom stereocenters. The third-order valence-corrected chi connectivity index (χ3v) is 4.32. The van der Waals surface area contributed by atoms with E-state index in [0.29, 0.717) is 5.75 Å². The Balaban J connectivity index is 3.16. The lowest BCUT2D eigenvalue weighted by Crippen LogP contribution is -2.44. The number of ether oxygens (including phenoxy) is 2. The maximum atomic E-state index is 12.2. The van der Waals surface area contributed by atoms with Crippen molar-refractivity contribution >= 4 is 16.0 Å². The Morgan fingerprint density at radius 1 is 1.19 bits per heavy atom. The highest BCUT2D eigenvalue weighted by Gasteiger charge is 2.28. The molecular formula is C13H19NO6S. The van der Waals surface area contributed by atoms with Crippen LogP contribution in [0.5, 0.6) is 11.5 Å². The zero-order chi connectivity index (χ0) is 16.2. The summed E-state index contributed by atoms with van der Waals surface area (Å²) in [7, 11) is -1.15. The molecule has 21 heavy (non-hydrogen) atoms. The van der Waals surface area contributed by atoms with Crippen molar-refractivity contribution in [3.63, 3.8) is 0 Å². The van der Waals surface area contributed by atoms with Crippen molar-refractivity contribution < 1.29 is 27.8 Å². The highest BCUT2D eigenvalue weighted by atomic mass is 32.2. The Hall–Kier alpha value is -1.80. The van der Waals surface area contributed by atoms with Crippen LogP contribution >= 0.6 is 0 Å². The van der Waals surface area contributed by atoms with Crippen molar-refractivity contribution in [2.24, 2.45) is 5.92 Å². The van der Waals surface area contributed by atoms with Gasteiger partial charge in [0.25, 0.3) is 0 Å². The van der Waals surface area contributed by atoms with E-state index in [0.717, 1.165) is 0 Å². The topological polar surface area (TPSA) is 102 Å². The van der Waals surface area contributed by atoms with Crippen molar-refractivity contribution in [2.75, 3.05) is 14.2 Å². The molecule has 0 heterocycles. The van der Waals surface area contributed by atoms with Crippen LogP contribution in [0.25, 0.3) is 0 Å². The third-order valence-electron chi connectivity index (χ3n) is 2.88. The van der Waals surface area contributed by atoms with Gasteiger partial charge in [0.1, 0.15) is 6.04 Å². The van der Waals surface area contributed by atoms with Gasteiger partial charge >= 0.3 is 5.97 Å². The molecule has 7 nitrogen and oxygen atoms in total. The summed E-state index contributed by atoms with van der Waals surface area (Å²) in [6.45, 7) is 3.24. The molecule has 0 saturated heterocycles. The third kappa shape index (κ3) is 4.08. The van der Waals surface area contributed by atoms with Gasteiger partial charge in [-0.3, -0.25) is 4.79 Å². The number of carbonyl (C=O) groups is 1. The number of sulfonamides is 1. The van der Waals surface area contributed by atoms with Gasteiger partial charge in [-0.2, -0.15) is 4.72 Å². The van der Waals surface area contributed by atoms with Crippen molar-refractivity contribution in [3.8, 4) is 11.5 Å². The van der Waals surface area contributed by atoms with Gasteiger partial charge in [-0.1, -0.05) is 13.8 Å². The molecule has 1 rings (SSSR count). The van der Waals surface area contributed by atoms with E-state index in [1.54, 1.807) is 13.8 Å². The van der Waals surface area contributed by atoms with Crippen LogP contribution in [-0.4, -0.2) is 39.8 Å². The molecule has 2 N–H and O–H groups in total. The summed E-state index contributed by atoms with van der Waals surface area (Å²) in [5, 5.41) is 9.07. The molecule has 0 bridgehead atoms. The van der Waals surface area contributed by atoms with Gasteiger partial charge in [0.05, 0.1) is 19.1 Å². The fourth-order valence-electron chi connectivity index (χ4n) is 1.69. The second kappa shape index (κ2) is 6.77. The summed E-state index contributed by atoms with van der Waals surface area (Å²) >= 11 is 0. The molecule has 8 heteroatoms. The molecule has 118 valence electrons.